The van der Waals surface area contributed by atoms with Gasteiger partial charge < -0.3 is 4.74 Å². The van der Waals surface area contributed by atoms with Crippen LogP contribution in [0.5, 0.6) is 0 Å². The summed E-state index contributed by atoms with van der Waals surface area (Å²) in [5.41, 5.74) is 0.477. The smallest absolute Gasteiger partial charge is 0.326 e. The van der Waals surface area contributed by atoms with E-state index in [2.05, 4.69) is 0 Å². The van der Waals surface area contributed by atoms with E-state index in [0.29, 0.717) is 10.0 Å². The Morgan fingerprint density at radius 2 is 1.96 bits per heavy atom. The summed E-state index contributed by atoms with van der Waals surface area (Å²) in [6, 6.07) is 11.3. The number of hydrogen-bond acceptors (Lipinski definition) is 5. The van der Waals surface area contributed by atoms with Crippen molar-refractivity contribution in [2.24, 2.45) is 0 Å². The van der Waals surface area contributed by atoms with Gasteiger partial charge in [0.1, 0.15) is 11.9 Å². The molecular formula is C18H18ClFN2O5S. The van der Waals surface area contributed by atoms with Gasteiger partial charge in [-0.1, -0.05) is 46.4 Å². The fourth-order valence-corrected chi connectivity index (χ4v) is 4.50. The first-order chi connectivity index (χ1) is 13.3. The van der Waals surface area contributed by atoms with Gasteiger partial charge in [-0.3, -0.25) is 9.63 Å². The Hall–Kier alpha value is -2.04. The van der Waals surface area contributed by atoms with Gasteiger partial charge in [0, 0.05) is 17.7 Å². The Kier molecular flexibility index (Phi) is 6.31. The number of nitrogens with zero attached hydrogens (tertiary/aromatic N) is 1. The minimum absolute atomic E-state index is 0.152. The average molecular weight is 429 g/mol. The molecule has 0 radical (unpaired) electrons. The first-order valence-electron chi connectivity index (χ1n) is 8.36. The van der Waals surface area contributed by atoms with Crippen molar-refractivity contribution >= 4 is 27.7 Å². The highest BCUT2D eigenvalue weighted by Gasteiger charge is 2.42. The zero-order valence-electron chi connectivity index (χ0n) is 14.8. The van der Waals surface area contributed by atoms with Crippen LogP contribution in [0.25, 0.3) is 0 Å². The van der Waals surface area contributed by atoms with Gasteiger partial charge in [-0.05, 0) is 24.6 Å². The molecule has 10 heteroatoms. The van der Waals surface area contributed by atoms with Crippen molar-refractivity contribution in [3.05, 3.63) is 70.5 Å². The van der Waals surface area contributed by atoms with Crippen LogP contribution in [0.4, 0.5) is 4.39 Å². The molecule has 1 heterocycles. The zero-order valence-corrected chi connectivity index (χ0v) is 16.4. The fourth-order valence-electron chi connectivity index (χ4n) is 3.05. The van der Waals surface area contributed by atoms with Crippen molar-refractivity contribution in [3.8, 4) is 0 Å². The lowest BCUT2D eigenvalue weighted by molar-refractivity contribution is -0.0984. The van der Waals surface area contributed by atoms with Crippen LogP contribution in [0, 0.1) is 5.82 Å². The lowest BCUT2D eigenvalue weighted by Crippen LogP contribution is -2.48. The molecule has 1 saturated heterocycles. The predicted octanol–water partition coefficient (Wildman–Crippen LogP) is 2.85. The largest absolute Gasteiger partial charge is 0.372 e. The average Bonchev–Trinajstić information content (AvgIpc) is 3.13. The number of halogens is 2. The first kappa shape index (κ1) is 20.7. The van der Waals surface area contributed by atoms with E-state index in [4.69, 9.17) is 21.2 Å². The van der Waals surface area contributed by atoms with Gasteiger partial charge in [0.05, 0.1) is 18.2 Å². The Bertz CT molecular complexity index is 958. The van der Waals surface area contributed by atoms with Gasteiger partial charge in [-0.2, -0.15) is 8.42 Å². The number of carbonyl (C=O) groups is 1. The predicted molar refractivity (Wildman–Crippen MR) is 100 cm³/mol. The lowest BCUT2D eigenvalue weighted by atomic mass is 10.0. The zero-order chi connectivity index (χ0) is 20.3. The summed E-state index contributed by atoms with van der Waals surface area (Å²) < 4.78 is 47.6. The number of benzene rings is 2. The van der Waals surface area contributed by atoms with E-state index in [9.17, 15) is 17.6 Å². The number of amides is 1. The molecule has 0 saturated carbocycles. The number of ether oxygens (including phenoxy) is 1. The SMILES string of the molecule is CON(C1CCOC1c1cccc(F)c1Cl)S(=O)(=O)NC(=O)c1ccccc1. The maximum absolute atomic E-state index is 13.8. The Morgan fingerprint density at radius 3 is 2.64 bits per heavy atom. The van der Waals surface area contributed by atoms with Gasteiger partial charge in [-0.15, -0.1) is 0 Å². The highest BCUT2D eigenvalue weighted by atomic mass is 35.5. The van der Waals surface area contributed by atoms with Gasteiger partial charge in [-0.25, -0.2) is 9.11 Å². The number of nitrogens with one attached hydrogen (secondary N) is 1. The second-order valence-corrected chi connectivity index (χ2v) is 7.92. The molecule has 0 bridgehead atoms. The minimum Gasteiger partial charge on any atom is -0.372 e. The van der Waals surface area contributed by atoms with Crippen LogP contribution < -0.4 is 4.72 Å². The van der Waals surface area contributed by atoms with Crippen molar-refractivity contribution in [1.82, 2.24) is 9.19 Å². The third-order valence-electron chi connectivity index (χ3n) is 4.29. The van der Waals surface area contributed by atoms with Gasteiger partial charge in [0.15, 0.2) is 0 Å². The minimum atomic E-state index is -4.37. The van der Waals surface area contributed by atoms with Gasteiger partial charge in [0.2, 0.25) is 0 Å². The molecule has 3 rings (SSSR count). The molecule has 7 nitrogen and oxygen atoms in total. The van der Waals surface area contributed by atoms with Crippen molar-refractivity contribution in [3.63, 3.8) is 0 Å². The number of carbonyl (C=O) groups excluding carboxylic acids is 1. The van der Waals surface area contributed by atoms with E-state index >= 15 is 0 Å². The molecule has 2 aromatic carbocycles. The standard InChI is InChI=1S/C18H18ClFN2O5S/c1-26-22(28(24,25)21-18(23)12-6-3-2-4-7-12)15-10-11-27-17(15)13-8-5-9-14(20)16(13)19/h2-9,15,17H,10-11H2,1H3,(H,21,23). The summed E-state index contributed by atoms with van der Waals surface area (Å²) in [4.78, 5) is 17.3. The van der Waals surface area contributed by atoms with E-state index in [-0.39, 0.29) is 23.6 Å². The van der Waals surface area contributed by atoms with E-state index in [1.165, 1.54) is 24.3 Å². The molecule has 2 unspecified atom stereocenters. The van der Waals surface area contributed by atoms with Crippen LogP contribution in [0.1, 0.15) is 28.4 Å². The molecule has 150 valence electrons. The molecule has 0 aliphatic carbocycles. The van der Waals surface area contributed by atoms with Gasteiger partial charge in [0.25, 0.3) is 5.91 Å². The molecule has 1 amide bonds. The molecule has 0 spiro atoms. The third-order valence-corrected chi connectivity index (χ3v) is 6.03. The fraction of sp³-hybridized carbons (Fsp3) is 0.278. The van der Waals surface area contributed by atoms with Crippen molar-refractivity contribution in [1.29, 1.82) is 0 Å². The first-order valence-corrected chi connectivity index (χ1v) is 10.2. The van der Waals surface area contributed by atoms with E-state index in [0.717, 1.165) is 7.11 Å². The maximum Gasteiger partial charge on any atom is 0.326 e. The summed E-state index contributed by atoms with van der Waals surface area (Å²) in [7, 11) is -3.21. The Balaban J connectivity index is 1.86. The molecule has 2 atom stereocenters. The van der Waals surface area contributed by atoms with Crippen molar-refractivity contribution in [2.45, 2.75) is 18.6 Å². The summed E-state index contributed by atoms with van der Waals surface area (Å²) in [5, 5.41) is -0.152. The molecule has 1 fully saturated rings. The van der Waals surface area contributed by atoms with Crippen LogP contribution in [0.3, 0.4) is 0 Å². The van der Waals surface area contributed by atoms with E-state index in [1.54, 1.807) is 24.3 Å². The van der Waals surface area contributed by atoms with Crippen LogP contribution >= 0.6 is 11.6 Å². The number of hydrogen-bond donors (Lipinski definition) is 1. The molecule has 2 aromatic rings. The second kappa shape index (κ2) is 8.54. The van der Waals surface area contributed by atoms with Crippen LogP contribution in [-0.4, -0.2) is 38.6 Å². The van der Waals surface area contributed by atoms with Crippen LogP contribution in [0.2, 0.25) is 5.02 Å². The molecule has 1 aliphatic rings. The van der Waals surface area contributed by atoms with Gasteiger partial charge >= 0.3 is 10.2 Å². The Labute approximate surface area is 167 Å². The summed E-state index contributed by atoms with van der Waals surface area (Å²) in [6.45, 7) is 0.212. The monoisotopic (exact) mass is 428 g/mol. The topological polar surface area (TPSA) is 84.9 Å². The molecule has 1 aliphatic heterocycles. The molecule has 28 heavy (non-hydrogen) atoms. The lowest BCUT2D eigenvalue weighted by Gasteiger charge is -2.29. The number of rotatable bonds is 6. The van der Waals surface area contributed by atoms with E-state index in [1.807, 2.05) is 4.72 Å². The van der Waals surface area contributed by atoms with E-state index < -0.39 is 34.1 Å². The second-order valence-electron chi connectivity index (χ2n) is 6.03. The van der Waals surface area contributed by atoms with Crippen molar-refractivity contribution in [2.75, 3.05) is 13.7 Å². The molecule has 0 aromatic heterocycles. The normalized spacial score (nSPS) is 19.7. The molecular weight excluding hydrogens is 411 g/mol. The highest BCUT2D eigenvalue weighted by molar-refractivity contribution is 7.87. The van der Waals surface area contributed by atoms with Crippen molar-refractivity contribution < 1.29 is 27.2 Å². The summed E-state index contributed by atoms with van der Waals surface area (Å²) >= 11 is 6.03. The summed E-state index contributed by atoms with van der Waals surface area (Å²) in [6.07, 6.45) is -0.585. The maximum atomic E-state index is 13.8. The highest BCUT2D eigenvalue weighted by Crippen LogP contribution is 2.38. The Morgan fingerprint density at radius 1 is 1.25 bits per heavy atom. The summed E-state index contributed by atoms with van der Waals surface area (Å²) in [5.74, 6) is -1.44. The number of hydroxylamine groups is 1. The third kappa shape index (κ3) is 4.18. The molecule has 1 N–H and O–H groups in total. The van der Waals surface area contributed by atoms with Crippen LogP contribution in [-0.2, 0) is 19.8 Å². The quantitative estimate of drug-likeness (QED) is 0.715. The van der Waals surface area contributed by atoms with Crippen LogP contribution in [0.15, 0.2) is 48.5 Å².